The number of rotatable bonds is 6. The maximum Gasteiger partial charge on any atom is 0.325 e. The Hall–Kier alpha value is -1.36. The van der Waals surface area contributed by atoms with Gasteiger partial charge in [0.2, 0.25) is 5.91 Å². The van der Waals surface area contributed by atoms with E-state index in [1.807, 2.05) is 0 Å². The van der Waals surface area contributed by atoms with Gasteiger partial charge in [0.15, 0.2) is 0 Å². The first-order chi connectivity index (χ1) is 8.40. The lowest BCUT2D eigenvalue weighted by atomic mass is 10.1. The molecule has 0 radical (unpaired) electrons. The molecular formula is C13H19NO3S. The monoisotopic (exact) mass is 269 g/mol. The largest absolute Gasteiger partial charge is 0.480 e. The van der Waals surface area contributed by atoms with Gasteiger partial charge in [0.1, 0.15) is 6.04 Å². The normalized spacial score (nSPS) is 12.2. The van der Waals surface area contributed by atoms with E-state index in [-0.39, 0.29) is 5.91 Å². The van der Waals surface area contributed by atoms with Crippen LogP contribution in [0.3, 0.4) is 0 Å². The Morgan fingerprint density at radius 3 is 2.61 bits per heavy atom. The number of nitrogens with one attached hydrogen (secondary N) is 1. The van der Waals surface area contributed by atoms with Gasteiger partial charge in [-0.3, -0.25) is 9.59 Å². The third-order valence-electron chi connectivity index (χ3n) is 2.74. The van der Waals surface area contributed by atoms with Crippen LogP contribution in [0, 0.1) is 13.8 Å². The lowest BCUT2D eigenvalue weighted by molar-refractivity contribution is -0.141. The van der Waals surface area contributed by atoms with Crippen molar-refractivity contribution in [3.63, 3.8) is 0 Å². The van der Waals surface area contributed by atoms with Crippen molar-refractivity contribution in [3.05, 3.63) is 21.4 Å². The van der Waals surface area contributed by atoms with Crippen LogP contribution in [-0.4, -0.2) is 23.0 Å². The molecule has 0 saturated carbocycles. The molecule has 0 unspecified atom stereocenters. The number of thiophene rings is 1. The van der Waals surface area contributed by atoms with E-state index in [1.54, 1.807) is 11.3 Å². The number of aryl methyl sites for hydroxylation is 3. The Kier molecular flexibility index (Phi) is 5.34. The number of carboxylic acids is 1. The molecular weight excluding hydrogens is 250 g/mol. The summed E-state index contributed by atoms with van der Waals surface area (Å²) in [5, 5.41) is 11.1. The molecule has 4 nitrogen and oxygen atoms in total. The summed E-state index contributed by atoms with van der Waals surface area (Å²) < 4.78 is 0. The number of hydrogen-bond acceptors (Lipinski definition) is 3. The highest BCUT2D eigenvalue weighted by Gasteiger charge is 2.13. The molecule has 2 N–H and O–H groups in total. The van der Waals surface area contributed by atoms with Crippen molar-refractivity contribution in [2.24, 2.45) is 0 Å². The van der Waals surface area contributed by atoms with Crippen LogP contribution < -0.4 is 5.32 Å². The molecule has 0 aliphatic rings. The summed E-state index contributed by atoms with van der Waals surface area (Å²) >= 11 is 1.76. The van der Waals surface area contributed by atoms with Gasteiger partial charge >= 0.3 is 5.97 Å². The van der Waals surface area contributed by atoms with Crippen molar-refractivity contribution in [2.75, 3.05) is 0 Å². The molecule has 100 valence electrons. The van der Waals surface area contributed by atoms with E-state index in [2.05, 4.69) is 25.2 Å². The zero-order chi connectivity index (χ0) is 13.7. The number of hydrogen-bond donors (Lipinski definition) is 2. The summed E-state index contributed by atoms with van der Waals surface area (Å²) in [5.74, 6) is -1.21. The Balaban J connectivity index is 2.32. The van der Waals surface area contributed by atoms with E-state index in [0.29, 0.717) is 6.42 Å². The van der Waals surface area contributed by atoms with E-state index in [1.165, 1.54) is 22.2 Å². The number of carboxylic acid groups (broad SMARTS) is 1. The van der Waals surface area contributed by atoms with Crippen LogP contribution in [0.25, 0.3) is 0 Å². The second-order valence-electron chi connectivity index (χ2n) is 4.42. The average molecular weight is 269 g/mol. The number of carbonyl (C=O) groups is 2. The third kappa shape index (κ3) is 4.49. The van der Waals surface area contributed by atoms with Crippen LogP contribution in [0.2, 0.25) is 0 Å². The maximum absolute atomic E-state index is 11.5. The quantitative estimate of drug-likeness (QED) is 0.832. The zero-order valence-electron chi connectivity index (χ0n) is 10.9. The molecule has 0 fully saturated rings. The average Bonchev–Trinajstić information content (AvgIpc) is 2.57. The topological polar surface area (TPSA) is 66.4 Å². The maximum atomic E-state index is 11.5. The smallest absolute Gasteiger partial charge is 0.325 e. The Morgan fingerprint density at radius 1 is 1.44 bits per heavy atom. The van der Waals surface area contributed by atoms with E-state index >= 15 is 0 Å². The van der Waals surface area contributed by atoms with Crippen molar-refractivity contribution in [1.82, 2.24) is 5.32 Å². The highest BCUT2D eigenvalue weighted by molar-refractivity contribution is 7.12. The Labute approximate surface area is 111 Å². The molecule has 1 aromatic heterocycles. The molecule has 0 aliphatic carbocycles. The predicted octanol–water partition coefficient (Wildman–Crippen LogP) is 2.28. The van der Waals surface area contributed by atoms with Gasteiger partial charge in [-0.2, -0.15) is 0 Å². The minimum atomic E-state index is -1.01. The minimum Gasteiger partial charge on any atom is -0.480 e. The van der Waals surface area contributed by atoms with Crippen molar-refractivity contribution in [2.45, 2.75) is 46.1 Å². The number of amides is 1. The molecule has 1 rings (SSSR count). The molecule has 5 heteroatoms. The summed E-state index contributed by atoms with van der Waals surface area (Å²) in [5.41, 5.74) is 1.29. The fourth-order valence-electron chi connectivity index (χ4n) is 1.75. The van der Waals surface area contributed by atoms with Crippen LogP contribution in [0.1, 0.15) is 35.1 Å². The second-order valence-corrected chi connectivity index (χ2v) is 5.88. The summed E-state index contributed by atoms with van der Waals surface area (Å²) in [7, 11) is 0. The van der Waals surface area contributed by atoms with Crippen molar-refractivity contribution in [1.29, 1.82) is 0 Å². The number of aliphatic carboxylic acids is 1. The van der Waals surface area contributed by atoms with Crippen LogP contribution in [-0.2, 0) is 16.0 Å². The molecule has 0 bridgehead atoms. The van der Waals surface area contributed by atoms with Gasteiger partial charge in [-0.05, 0) is 45.2 Å². The first-order valence-corrected chi connectivity index (χ1v) is 6.80. The van der Waals surface area contributed by atoms with E-state index in [0.717, 1.165) is 12.8 Å². The van der Waals surface area contributed by atoms with Crippen LogP contribution in [0.4, 0.5) is 0 Å². The Morgan fingerprint density at radius 2 is 2.11 bits per heavy atom. The Bertz CT molecular complexity index is 439. The number of carbonyl (C=O) groups excluding carboxylic acids is 1. The summed E-state index contributed by atoms with van der Waals surface area (Å²) in [6.45, 7) is 5.62. The van der Waals surface area contributed by atoms with Crippen LogP contribution in [0.15, 0.2) is 6.07 Å². The molecule has 1 amide bonds. The third-order valence-corrected chi connectivity index (χ3v) is 3.75. The van der Waals surface area contributed by atoms with Crippen LogP contribution in [0.5, 0.6) is 0 Å². The predicted molar refractivity (Wildman–Crippen MR) is 72.0 cm³/mol. The second kappa shape index (κ2) is 6.54. The van der Waals surface area contributed by atoms with E-state index < -0.39 is 12.0 Å². The van der Waals surface area contributed by atoms with Crippen molar-refractivity contribution >= 4 is 23.2 Å². The van der Waals surface area contributed by atoms with Crippen molar-refractivity contribution < 1.29 is 14.7 Å². The SMILES string of the molecule is Cc1cc(CCCC(=O)N[C@H](C)C(=O)O)c(C)s1. The molecule has 1 aromatic rings. The molecule has 0 spiro atoms. The van der Waals surface area contributed by atoms with Gasteiger partial charge in [-0.1, -0.05) is 0 Å². The van der Waals surface area contributed by atoms with Gasteiger partial charge in [-0.25, -0.2) is 0 Å². The fraction of sp³-hybridized carbons (Fsp3) is 0.538. The van der Waals surface area contributed by atoms with Gasteiger partial charge in [-0.15, -0.1) is 11.3 Å². The zero-order valence-corrected chi connectivity index (χ0v) is 11.8. The first kappa shape index (κ1) is 14.7. The molecule has 0 aromatic carbocycles. The van der Waals surface area contributed by atoms with E-state index in [4.69, 9.17) is 5.11 Å². The molecule has 1 heterocycles. The fourth-order valence-corrected chi connectivity index (χ4v) is 2.72. The molecule has 0 saturated heterocycles. The van der Waals surface area contributed by atoms with Gasteiger partial charge < -0.3 is 10.4 Å². The summed E-state index contributed by atoms with van der Waals surface area (Å²) in [6.07, 6.45) is 1.98. The standard InChI is InChI=1S/C13H19NO3S/c1-8-7-11(10(3)18-8)5-4-6-12(15)14-9(2)13(16)17/h7,9H,4-6H2,1-3H3,(H,14,15)(H,16,17)/t9-/m1/s1. The minimum absolute atomic E-state index is 0.200. The van der Waals surface area contributed by atoms with E-state index in [9.17, 15) is 9.59 Å². The summed E-state index contributed by atoms with van der Waals surface area (Å²) in [6, 6.07) is 1.33. The highest BCUT2D eigenvalue weighted by Crippen LogP contribution is 2.22. The lowest BCUT2D eigenvalue weighted by Crippen LogP contribution is -2.38. The molecule has 0 aliphatic heterocycles. The first-order valence-electron chi connectivity index (χ1n) is 5.98. The van der Waals surface area contributed by atoms with Gasteiger partial charge in [0, 0.05) is 16.2 Å². The van der Waals surface area contributed by atoms with Crippen molar-refractivity contribution in [3.8, 4) is 0 Å². The lowest BCUT2D eigenvalue weighted by Gasteiger charge is -2.08. The molecule has 18 heavy (non-hydrogen) atoms. The van der Waals surface area contributed by atoms with Gasteiger partial charge in [0.25, 0.3) is 0 Å². The van der Waals surface area contributed by atoms with Gasteiger partial charge in [0.05, 0.1) is 0 Å². The van der Waals surface area contributed by atoms with Crippen LogP contribution >= 0.6 is 11.3 Å². The summed E-state index contributed by atoms with van der Waals surface area (Å²) in [4.78, 5) is 24.6. The molecule has 1 atom stereocenters. The highest BCUT2D eigenvalue weighted by atomic mass is 32.1.